The minimum atomic E-state index is -0.464. The molecule has 0 radical (unpaired) electrons. The molecule has 0 bridgehead atoms. The van der Waals surface area contributed by atoms with Crippen molar-refractivity contribution >= 4 is 39.9 Å². The smallest absolute Gasteiger partial charge is 0.321 e. The van der Waals surface area contributed by atoms with Gasteiger partial charge in [0, 0.05) is 11.4 Å². The highest BCUT2D eigenvalue weighted by molar-refractivity contribution is 7.17. The highest BCUT2D eigenvalue weighted by Crippen LogP contribution is 2.27. The first-order valence-electron chi connectivity index (χ1n) is 9.11. The summed E-state index contributed by atoms with van der Waals surface area (Å²) in [5, 5.41) is 8.62. The standard InChI is InChI=1S/C21H23N5O2S/c1-11-9-12(2)17(13(3)10-11)25-19(27)18-15(5)23-21(29-18)26-20(28)24-16-8-6-7-14(4)22-16/h6-10H,1-5H3,(H,25,27)(H2,22,23,24,26,28). The Morgan fingerprint density at radius 1 is 0.897 bits per heavy atom. The number of hydrogen-bond acceptors (Lipinski definition) is 5. The average molecular weight is 410 g/mol. The number of benzene rings is 1. The zero-order chi connectivity index (χ0) is 21.1. The first-order chi connectivity index (χ1) is 13.7. The van der Waals surface area contributed by atoms with Gasteiger partial charge in [-0.1, -0.05) is 35.1 Å². The van der Waals surface area contributed by atoms with E-state index in [0.717, 1.165) is 39.4 Å². The number of rotatable bonds is 4. The molecule has 0 aliphatic heterocycles. The molecule has 2 heterocycles. The third-order valence-electron chi connectivity index (χ3n) is 4.27. The summed E-state index contributed by atoms with van der Waals surface area (Å²) < 4.78 is 0. The summed E-state index contributed by atoms with van der Waals surface area (Å²) in [5.41, 5.74) is 5.30. The maximum absolute atomic E-state index is 12.8. The van der Waals surface area contributed by atoms with Gasteiger partial charge < -0.3 is 5.32 Å². The number of urea groups is 1. The summed E-state index contributed by atoms with van der Waals surface area (Å²) in [7, 11) is 0. The van der Waals surface area contributed by atoms with Crippen LogP contribution in [0.5, 0.6) is 0 Å². The molecule has 8 heteroatoms. The lowest BCUT2D eigenvalue weighted by Gasteiger charge is -2.12. The Balaban J connectivity index is 1.71. The molecule has 0 fully saturated rings. The van der Waals surface area contributed by atoms with Crippen LogP contribution >= 0.6 is 11.3 Å². The van der Waals surface area contributed by atoms with Crippen LogP contribution in [0.25, 0.3) is 0 Å². The van der Waals surface area contributed by atoms with Gasteiger partial charge in [0.1, 0.15) is 10.7 Å². The SMILES string of the molecule is Cc1cc(C)c(NC(=O)c2sc(NC(=O)Nc3cccc(C)n3)nc2C)c(C)c1. The third-order valence-corrected chi connectivity index (χ3v) is 5.34. The number of pyridine rings is 1. The topological polar surface area (TPSA) is 96.0 Å². The molecule has 0 saturated carbocycles. The lowest BCUT2D eigenvalue weighted by atomic mass is 10.1. The van der Waals surface area contributed by atoms with Crippen molar-refractivity contribution in [2.75, 3.05) is 16.0 Å². The van der Waals surface area contributed by atoms with E-state index >= 15 is 0 Å². The number of nitrogens with zero attached hydrogens (tertiary/aromatic N) is 2. The number of aryl methyl sites for hydroxylation is 5. The summed E-state index contributed by atoms with van der Waals surface area (Å²) in [6, 6.07) is 8.94. The second-order valence-electron chi connectivity index (χ2n) is 6.90. The summed E-state index contributed by atoms with van der Waals surface area (Å²) >= 11 is 1.13. The number of thiazole rings is 1. The molecule has 3 rings (SSSR count). The van der Waals surface area contributed by atoms with E-state index in [0.29, 0.717) is 21.5 Å². The van der Waals surface area contributed by atoms with Gasteiger partial charge in [-0.2, -0.15) is 0 Å². The predicted octanol–water partition coefficient (Wildman–Crippen LogP) is 4.98. The largest absolute Gasteiger partial charge is 0.326 e. The van der Waals surface area contributed by atoms with E-state index in [9.17, 15) is 9.59 Å². The van der Waals surface area contributed by atoms with Crippen LogP contribution < -0.4 is 16.0 Å². The van der Waals surface area contributed by atoms with Gasteiger partial charge in [0.15, 0.2) is 5.13 Å². The van der Waals surface area contributed by atoms with Crippen LogP contribution in [0, 0.1) is 34.6 Å². The van der Waals surface area contributed by atoms with E-state index in [2.05, 4.69) is 25.9 Å². The summed E-state index contributed by atoms with van der Waals surface area (Å²) in [5.74, 6) is 0.197. The Labute approximate surface area is 173 Å². The molecule has 0 unspecified atom stereocenters. The van der Waals surface area contributed by atoms with Crippen molar-refractivity contribution in [3.63, 3.8) is 0 Å². The zero-order valence-electron chi connectivity index (χ0n) is 17.0. The fourth-order valence-corrected chi connectivity index (χ4v) is 3.92. The number of amides is 3. The van der Waals surface area contributed by atoms with Crippen LogP contribution in [0.4, 0.5) is 21.4 Å². The van der Waals surface area contributed by atoms with Crippen LogP contribution in [-0.2, 0) is 0 Å². The van der Waals surface area contributed by atoms with E-state index in [1.807, 2.05) is 52.0 Å². The van der Waals surface area contributed by atoms with Crippen molar-refractivity contribution in [3.05, 3.63) is 63.3 Å². The molecule has 0 aliphatic rings. The molecule has 29 heavy (non-hydrogen) atoms. The maximum Gasteiger partial charge on any atom is 0.326 e. The quantitative estimate of drug-likeness (QED) is 0.566. The number of aromatic nitrogens is 2. The van der Waals surface area contributed by atoms with Gasteiger partial charge in [-0.05, 0) is 57.9 Å². The van der Waals surface area contributed by atoms with Gasteiger partial charge in [-0.25, -0.2) is 14.8 Å². The number of anilines is 3. The van der Waals surface area contributed by atoms with Crippen molar-refractivity contribution in [1.82, 2.24) is 9.97 Å². The fraction of sp³-hybridized carbons (Fsp3) is 0.238. The lowest BCUT2D eigenvalue weighted by molar-refractivity contribution is 0.102. The molecule has 2 aromatic heterocycles. The first-order valence-corrected chi connectivity index (χ1v) is 9.93. The monoisotopic (exact) mass is 409 g/mol. The van der Waals surface area contributed by atoms with E-state index < -0.39 is 6.03 Å². The van der Waals surface area contributed by atoms with Crippen molar-refractivity contribution < 1.29 is 9.59 Å². The van der Waals surface area contributed by atoms with E-state index in [4.69, 9.17) is 0 Å². The van der Waals surface area contributed by atoms with Crippen LogP contribution in [0.2, 0.25) is 0 Å². The van der Waals surface area contributed by atoms with Crippen molar-refractivity contribution in [2.45, 2.75) is 34.6 Å². The van der Waals surface area contributed by atoms with E-state index in [1.54, 1.807) is 13.0 Å². The predicted molar refractivity (Wildman–Crippen MR) is 117 cm³/mol. The first kappa shape index (κ1) is 20.5. The Morgan fingerprint density at radius 2 is 1.59 bits per heavy atom. The second kappa shape index (κ2) is 8.40. The Bertz CT molecular complexity index is 1070. The Hall–Kier alpha value is -3.26. The molecule has 3 amide bonds. The molecule has 0 aliphatic carbocycles. The van der Waals surface area contributed by atoms with Gasteiger partial charge in [0.25, 0.3) is 5.91 Å². The normalized spacial score (nSPS) is 10.5. The molecule has 0 atom stereocenters. The number of hydrogen-bond donors (Lipinski definition) is 3. The lowest BCUT2D eigenvalue weighted by Crippen LogP contribution is -2.20. The molecule has 3 N–H and O–H groups in total. The van der Waals surface area contributed by atoms with Gasteiger partial charge in [0.05, 0.1) is 5.69 Å². The van der Waals surface area contributed by atoms with Gasteiger partial charge >= 0.3 is 6.03 Å². The van der Waals surface area contributed by atoms with Crippen LogP contribution in [0.1, 0.15) is 37.7 Å². The molecule has 1 aromatic carbocycles. The highest BCUT2D eigenvalue weighted by atomic mass is 32.1. The van der Waals surface area contributed by atoms with Crippen LogP contribution in [0.15, 0.2) is 30.3 Å². The van der Waals surface area contributed by atoms with E-state index in [-0.39, 0.29) is 5.91 Å². The van der Waals surface area contributed by atoms with E-state index in [1.165, 1.54) is 0 Å². The summed E-state index contributed by atoms with van der Waals surface area (Å²) in [6.45, 7) is 9.53. The van der Waals surface area contributed by atoms with Gasteiger partial charge in [-0.15, -0.1) is 0 Å². The molecular weight excluding hydrogens is 386 g/mol. The molecule has 0 spiro atoms. The zero-order valence-corrected chi connectivity index (χ0v) is 17.8. The molecule has 7 nitrogen and oxygen atoms in total. The number of nitrogens with one attached hydrogen (secondary N) is 3. The van der Waals surface area contributed by atoms with Crippen molar-refractivity contribution in [1.29, 1.82) is 0 Å². The molecular formula is C21H23N5O2S. The second-order valence-corrected chi connectivity index (χ2v) is 7.90. The highest BCUT2D eigenvalue weighted by Gasteiger charge is 2.18. The number of carbonyl (C=O) groups is 2. The fourth-order valence-electron chi connectivity index (χ4n) is 3.07. The molecule has 150 valence electrons. The Morgan fingerprint density at radius 3 is 2.24 bits per heavy atom. The average Bonchev–Trinajstić information content (AvgIpc) is 2.98. The minimum Gasteiger partial charge on any atom is -0.321 e. The minimum absolute atomic E-state index is 0.246. The van der Waals surface area contributed by atoms with Gasteiger partial charge in [-0.3, -0.25) is 15.4 Å². The third kappa shape index (κ3) is 4.97. The summed E-state index contributed by atoms with van der Waals surface area (Å²) in [6.07, 6.45) is 0. The summed E-state index contributed by atoms with van der Waals surface area (Å²) in [4.78, 5) is 33.9. The van der Waals surface area contributed by atoms with Crippen molar-refractivity contribution in [2.24, 2.45) is 0 Å². The van der Waals surface area contributed by atoms with Gasteiger partial charge in [0.2, 0.25) is 0 Å². The van der Waals surface area contributed by atoms with Crippen molar-refractivity contribution in [3.8, 4) is 0 Å². The van der Waals surface area contributed by atoms with Crippen LogP contribution in [0.3, 0.4) is 0 Å². The Kier molecular flexibility index (Phi) is 5.93. The molecule has 0 saturated heterocycles. The van der Waals surface area contributed by atoms with Crippen LogP contribution in [-0.4, -0.2) is 21.9 Å². The number of carbonyl (C=O) groups excluding carboxylic acids is 2. The maximum atomic E-state index is 12.8. The molecule has 3 aromatic rings.